The Kier molecular flexibility index (Phi) is 14.7. The summed E-state index contributed by atoms with van der Waals surface area (Å²) in [6, 6.07) is 17.3. The van der Waals surface area contributed by atoms with Crippen LogP contribution >= 0.6 is 0 Å². The van der Waals surface area contributed by atoms with E-state index in [2.05, 4.69) is 49.6 Å². The number of likely N-dealkylation sites (tertiary alicyclic amines) is 2. The molecule has 2 aromatic carbocycles. The molecule has 4 N–H and O–H groups in total. The first-order valence-electron chi connectivity index (χ1n) is 16.3. The number of allylic oxidation sites excluding steroid dienone is 1. The lowest BCUT2D eigenvalue weighted by Gasteiger charge is -2.34. The van der Waals surface area contributed by atoms with E-state index in [9.17, 15) is 4.79 Å². The minimum atomic E-state index is -0.120. The van der Waals surface area contributed by atoms with Crippen LogP contribution in [0.15, 0.2) is 95.8 Å². The molecule has 2 heterocycles. The lowest BCUT2D eigenvalue weighted by atomic mass is 9.99. The molecule has 0 bridgehead atoms. The standard InChI is InChI=1S/C34H45N7O2.C3H8/c1-5-37-34(32(25(2)35)33(36)26-13-15-30(16-14-26)43-29-10-7-6-8-11-29)38-27-17-23-41(24-27)31(42)12-9-20-40(4)28-18-21-39(3)22-19-28;1-3-2/h5-16,27-28,36H,1,17-24,35H2,2-4H3,(H,37,38);3H2,1-2H3/b12-9+,32-25+,36-33?;. The van der Waals surface area contributed by atoms with Crippen molar-refractivity contribution in [3.05, 3.63) is 96.4 Å². The van der Waals surface area contributed by atoms with Gasteiger partial charge in [-0.1, -0.05) is 51.1 Å². The molecule has 0 radical (unpaired) electrons. The number of carbonyl (C=O) groups is 1. The summed E-state index contributed by atoms with van der Waals surface area (Å²) in [5.41, 5.74) is 8.18. The fourth-order valence-electron chi connectivity index (χ4n) is 5.47. The summed E-state index contributed by atoms with van der Waals surface area (Å²) in [4.78, 5) is 24.4. The van der Waals surface area contributed by atoms with Gasteiger partial charge in [0.1, 0.15) is 17.3 Å². The van der Waals surface area contributed by atoms with Crippen LogP contribution in [0.3, 0.4) is 0 Å². The molecule has 2 aliphatic rings. The minimum Gasteiger partial charge on any atom is -0.457 e. The molecule has 9 nitrogen and oxygen atoms in total. The Morgan fingerprint density at radius 1 is 1.09 bits per heavy atom. The van der Waals surface area contributed by atoms with E-state index >= 15 is 0 Å². The summed E-state index contributed by atoms with van der Waals surface area (Å²) in [5, 5.41) is 12.1. The number of nitrogens with two attached hydrogens (primary N) is 1. The molecule has 46 heavy (non-hydrogen) atoms. The fraction of sp³-hybridized carbons (Fsp3) is 0.432. The molecule has 1 amide bonds. The molecular weight excluding hydrogens is 574 g/mol. The third-order valence-electron chi connectivity index (χ3n) is 7.99. The number of amidine groups is 1. The number of rotatable bonds is 11. The summed E-state index contributed by atoms with van der Waals surface area (Å²) in [6.07, 6.45) is 9.49. The Morgan fingerprint density at radius 3 is 2.33 bits per heavy atom. The summed E-state index contributed by atoms with van der Waals surface area (Å²) >= 11 is 0. The maximum atomic E-state index is 12.9. The Labute approximate surface area is 276 Å². The van der Waals surface area contributed by atoms with Crippen LogP contribution in [0, 0.1) is 5.41 Å². The first-order chi connectivity index (χ1) is 22.2. The number of hydrogen-bond donors (Lipinski definition) is 3. The maximum absolute atomic E-state index is 12.9. The van der Waals surface area contributed by atoms with Gasteiger partial charge in [-0.3, -0.25) is 20.1 Å². The predicted octanol–water partition coefficient (Wildman–Crippen LogP) is 5.81. The van der Waals surface area contributed by atoms with Crippen molar-refractivity contribution >= 4 is 17.5 Å². The third kappa shape index (κ3) is 11.0. The van der Waals surface area contributed by atoms with E-state index in [-0.39, 0.29) is 17.7 Å². The molecule has 1 unspecified atom stereocenters. The van der Waals surface area contributed by atoms with Crippen molar-refractivity contribution in [1.82, 2.24) is 20.0 Å². The summed E-state index contributed by atoms with van der Waals surface area (Å²) in [7, 11) is 4.30. The zero-order valence-corrected chi connectivity index (χ0v) is 28.3. The maximum Gasteiger partial charge on any atom is 0.246 e. The molecular formula is C37H53N7O2. The normalized spacial score (nSPS) is 18.2. The molecule has 2 saturated heterocycles. The van der Waals surface area contributed by atoms with Gasteiger partial charge in [0.15, 0.2) is 0 Å². The van der Waals surface area contributed by atoms with Gasteiger partial charge in [0.2, 0.25) is 5.91 Å². The molecule has 0 spiro atoms. The molecule has 0 saturated carbocycles. The largest absolute Gasteiger partial charge is 0.457 e. The fourth-order valence-corrected chi connectivity index (χ4v) is 5.47. The number of amides is 1. The second kappa shape index (κ2) is 18.7. The second-order valence-electron chi connectivity index (χ2n) is 12.0. The molecule has 9 heteroatoms. The zero-order chi connectivity index (χ0) is 33.5. The highest BCUT2D eigenvalue weighted by molar-refractivity contribution is 6.29. The number of carbonyl (C=O) groups excluding carboxylic acids is 1. The molecule has 4 rings (SSSR count). The van der Waals surface area contributed by atoms with Crippen molar-refractivity contribution in [3.63, 3.8) is 0 Å². The van der Waals surface area contributed by atoms with Crippen LogP contribution in [0.25, 0.3) is 0 Å². The number of nitrogens with one attached hydrogen (secondary N) is 2. The number of ether oxygens (including phenoxy) is 1. The smallest absolute Gasteiger partial charge is 0.246 e. The van der Waals surface area contributed by atoms with E-state index in [0.717, 1.165) is 44.6 Å². The number of aliphatic imine (C=N–C) groups is 1. The van der Waals surface area contributed by atoms with E-state index in [0.29, 0.717) is 47.6 Å². The van der Waals surface area contributed by atoms with Gasteiger partial charge >= 0.3 is 0 Å². The Hall–Kier alpha value is -4.21. The Balaban J connectivity index is 0.00000185. The van der Waals surface area contributed by atoms with Crippen molar-refractivity contribution in [1.29, 1.82) is 5.41 Å². The number of benzene rings is 2. The van der Waals surface area contributed by atoms with Crippen LogP contribution in [0.4, 0.5) is 0 Å². The van der Waals surface area contributed by atoms with Gasteiger partial charge in [0, 0.05) is 43.0 Å². The monoisotopic (exact) mass is 627 g/mol. The summed E-state index contributed by atoms with van der Waals surface area (Å²) < 4.78 is 5.89. The van der Waals surface area contributed by atoms with Crippen molar-refractivity contribution in [2.24, 2.45) is 10.7 Å². The highest BCUT2D eigenvalue weighted by Crippen LogP contribution is 2.23. The Morgan fingerprint density at radius 2 is 1.72 bits per heavy atom. The van der Waals surface area contributed by atoms with Crippen LogP contribution < -0.4 is 15.8 Å². The number of hydrogen-bond acceptors (Lipinski definition) is 7. The van der Waals surface area contributed by atoms with Gasteiger partial charge in [-0.2, -0.15) is 0 Å². The van der Waals surface area contributed by atoms with Gasteiger partial charge in [0.25, 0.3) is 0 Å². The van der Waals surface area contributed by atoms with Crippen molar-refractivity contribution < 1.29 is 9.53 Å². The number of para-hydroxylation sites is 1. The van der Waals surface area contributed by atoms with E-state index in [1.54, 1.807) is 13.0 Å². The highest BCUT2D eigenvalue weighted by atomic mass is 16.5. The lowest BCUT2D eigenvalue weighted by Crippen LogP contribution is -2.41. The van der Waals surface area contributed by atoms with E-state index in [1.165, 1.54) is 12.6 Å². The van der Waals surface area contributed by atoms with Gasteiger partial charge in [-0.15, -0.1) is 0 Å². The van der Waals surface area contributed by atoms with Crippen LogP contribution in [0.5, 0.6) is 11.5 Å². The van der Waals surface area contributed by atoms with Gasteiger partial charge < -0.3 is 25.6 Å². The van der Waals surface area contributed by atoms with Crippen LogP contribution in [-0.2, 0) is 4.79 Å². The van der Waals surface area contributed by atoms with Gasteiger partial charge in [-0.25, -0.2) is 0 Å². The minimum absolute atomic E-state index is 0.00373. The molecule has 2 fully saturated rings. The average Bonchev–Trinajstić information content (AvgIpc) is 3.51. The first-order valence-corrected chi connectivity index (χ1v) is 16.3. The third-order valence-corrected chi connectivity index (χ3v) is 7.99. The van der Waals surface area contributed by atoms with E-state index < -0.39 is 0 Å². The number of nitrogens with zero attached hydrogens (tertiary/aromatic N) is 4. The summed E-state index contributed by atoms with van der Waals surface area (Å²) in [5.74, 6) is 1.89. The van der Waals surface area contributed by atoms with Crippen LogP contribution in [0.1, 0.15) is 52.0 Å². The van der Waals surface area contributed by atoms with Crippen LogP contribution in [0.2, 0.25) is 0 Å². The first kappa shape index (κ1) is 36.3. The van der Waals surface area contributed by atoms with E-state index in [4.69, 9.17) is 20.9 Å². The van der Waals surface area contributed by atoms with Crippen molar-refractivity contribution in [2.75, 3.05) is 46.8 Å². The van der Waals surface area contributed by atoms with Crippen molar-refractivity contribution in [2.45, 2.75) is 58.5 Å². The lowest BCUT2D eigenvalue weighted by molar-refractivity contribution is -0.125. The summed E-state index contributed by atoms with van der Waals surface area (Å²) in [6.45, 7) is 13.9. The van der Waals surface area contributed by atoms with Gasteiger partial charge in [-0.05, 0) is 96.0 Å². The van der Waals surface area contributed by atoms with Gasteiger partial charge in [0.05, 0.1) is 17.3 Å². The van der Waals surface area contributed by atoms with Crippen molar-refractivity contribution in [3.8, 4) is 11.5 Å². The van der Waals surface area contributed by atoms with Crippen LogP contribution in [-0.4, -0.2) is 91.1 Å². The number of likely N-dealkylation sites (N-methyl/N-ethyl adjacent to an activating group) is 1. The molecule has 0 aromatic heterocycles. The number of piperidine rings is 1. The quantitative estimate of drug-likeness (QED) is 0.165. The molecule has 2 aliphatic heterocycles. The molecule has 2 aromatic rings. The van der Waals surface area contributed by atoms with E-state index in [1.807, 2.05) is 65.6 Å². The zero-order valence-electron chi connectivity index (χ0n) is 28.3. The predicted molar refractivity (Wildman–Crippen MR) is 191 cm³/mol. The second-order valence-corrected chi connectivity index (χ2v) is 12.0. The SMILES string of the molecule is C=CNC(=NC1CCN(C(=O)/C=C/CN(C)C2CCN(C)CC2)C1)/C(C(=N)c1ccc(Oc2ccccc2)cc1)=C(\C)N.CCC. The molecule has 0 aliphatic carbocycles. The molecule has 248 valence electrons. The highest BCUT2D eigenvalue weighted by Gasteiger charge is 2.27. The molecule has 1 atom stereocenters. The average molecular weight is 628 g/mol. The Bertz CT molecular complexity index is 1360. The topological polar surface area (TPSA) is 110 Å².